The summed E-state index contributed by atoms with van der Waals surface area (Å²) >= 11 is 5.78. The first-order chi connectivity index (χ1) is 7.11. The molecule has 1 atom stereocenters. The van der Waals surface area contributed by atoms with Crippen molar-refractivity contribution in [1.82, 2.24) is 5.16 Å². The molecule has 2 aromatic rings. The van der Waals surface area contributed by atoms with Gasteiger partial charge in [-0.05, 0) is 13.0 Å². The average Bonchev–Trinajstić information content (AvgIpc) is 2.59. The molecule has 0 aliphatic heterocycles. The Labute approximate surface area is 90.4 Å². The van der Waals surface area contributed by atoms with E-state index < -0.39 is 11.9 Å². The van der Waals surface area contributed by atoms with E-state index in [0.29, 0.717) is 16.5 Å². The summed E-state index contributed by atoms with van der Waals surface area (Å²) in [7, 11) is 0. The molecule has 1 N–H and O–H groups in total. The highest BCUT2D eigenvalue weighted by Crippen LogP contribution is 2.29. The second kappa shape index (κ2) is 3.55. The number of aliphatic carboxylic acids is 1. The zero-order valence-corrected chi connectivity index (χ0v) is 8.65. The molecule has 0 radical (unpaired) electrons. The second-order valence-electron chi connectivity index (χ2n) is 3.26. The van der Waals surface area contributed by atoms with Crippen molar-refractivity contribution in [2.75, 3.05) is 0 Å². The van der Waals surface area contributed by atoms with Gasteiger partial charge in [-0.1, -0.05) is 28.9 Å². The number of carbonyl (C=O) groups is 1. The number of hydrogen-bond donors (Lipinski definition) is 1. The van der Waals surface area contributed by atoms with Crippen molar-refractivity contribution in [1.29, 1.82) is 0 Å². The fraction of sp³-hybridized carbons (Fsp3) is 0.200. The predicted octanol–water partition coefficient (Wildman–Crippen LogP) is 2.67. The van der Waals surface area contributed by atoms with Crippen LogP contribution in [0.5, 0.6) is 0 Å². The minimum absolute atomic E-state index is 0.254. The van der Waals surface area contributed by atoms with E-state index in [1.165, 1.54) is 0 Å². The molecule has 0 amide bonds. The van der Waals surface area contributed by atoms with E-state index >= 15 is 0 Å². The highest BCUT2D eigenvalue weighted by Gasteiger charge is 2.19. The Morgan fingerprint density at radius 1 is 1.60 bits per heavy atom. The van der Waals surface area contributed by atoms with E-state index in [1.807, 2.05) is 0 Å². The van der Waals surface area contributed by atoms with Crippen LogP contribution in [0.2, 0.25) is 5.15 Å². The molecule has 0 fully saturated rings. The van der Waals surface area contributed by atoms with Crippen LogP contribution in [0.25, 0.3) is 11.0 Å². The highest BCUT2D eigenvalue weighted by molar-refractivity contribution is 6.34. The van der Waals surface area contributed by atoms with Crippen LogP contribution in [0.1, 0.15) is 18.4 Å². The third-order valence-electron chi connectivity index (χ3n) is 2.32. The van der Waals surface area contributed by atoms with Crippen molar-refractivity contribution in [2.45, 2.75) is 12.8 Å². The minimum Gasteiger partial charge on any atom is -0.481 e. The topological polar surface area (TPSA) is 63.3 Å². The lowest BCUT2D eigenvalue weighted by Gasteiger charge is -2.05. The van der Waals surface area contributed by atoms with Crippen molar-refractivity contribution < 1.29 is 14.4 Å². The SMILES string of the molecule is CC(C(=O)O)c1cccc2c(Cl)noc12. The minimum atomic E-state index is -0.907. The van der Waals surface area contributed by atoms with Crippen molar-refractivity contribution >= 4 is 28.5 Å². The Bertz CT molecular complexity index is 520. The van der Waals surface area contributed by atoms with Crippen LogP contribution < -0.4 is 0 Å². The molecule has 0 bridgehead atoms. The van der Waals surface area contributed by atoms with E-state index in [-0.39, 0.29) is 5.15 Å². The lowest BCUT2D eigenvalue weighted by molar-refractivity contribution is -0.138. The largest absolute Gasteiger partial charge is 0.481 e. The third-order valence-corrected chi connectivity index (χ3v) is 2.59. The maximum absolute atomic E-state index is 10.9. The van der Waals surface area contributed by atoms with Crippen molar-refractivity contribution in [3.8, 4) is 0 Å². The van der Waals surface area contributed by atoms with Crippen LogP contribution >= 0.6 is 11.6 Å². The molecule has 5 heteroatoms. The Balaban J connectivity index is 2.66. The van der Waals surface area contributed by atoms with Crippen LogP contribution in [0, 0.1) is 0 Å². The number of benzene rings is 1. The molecule has 0 saturated heterocycles. The molecule has 78 valence electrons. The number of nitrogens with zero attached hydrogens (tertiary/aromatic N) is 1. The van der Waals surface area contributed by atoms with E-state index in [0.717, 1.165) is 0 Å². The predicted molar refractivity (Wildman–Crippen MR) is 55.1 cm³/mol. The smallest absolute Gasteiger partial charge is 0.310 e. The Hall–Kier alpha value is -1.55. The Morgan fingerprint density at radius 2 is 2.33 bits per heavy atom. The van der Waals surface area contributed by atoms with E-state index in [2.05, 4.69) is 5.16 Å². The standard InChI is InChI=1S/C10H8ClNO3/c1-5(10(13)14)6-3-2-4-7-8(6)15-12-9(7)11/h2-5H,1H3,(H,13,14). The summed E-state index contributed by atoms with van der Waals surface area (Å²) < 4.78 is 5.01. The molecule has 4 nitrogen and oxygen atoms in total. The van der Waals surface area contributed by atoms with Gasteiger partial charge in [0.15, 0.2) is 10.7 Å². The molecule has 1 aromatic carbocycles. The summed E-state index contributed by atoms with van der Waals surface area (Å²) in [5.74, 6) is -1.55. The number of para-hydroxylation sites is 1. The fourth-order valence-corrected chi connectivity index (χ4v) is 1.61. The summed E-state index contributed by atoms with van der Waals surface area (Å²) in [6.07, 6.45) is 0. The Kier molecular flexibility index (Phi) is 2.36. The quantitative estimate of drug-likeness (QED) is 0.854. The zero-order valence-electron chi connectivity index (χ0n) is 7.90. The van der Waals surface area contributed by atoms with E-state index in [9.17, 15) is 4.79 Å². The second-order valence-corrected chi connectivity index (χ2v) is 3.62. The molecule has 0 spiro atoms. The van der Waals surface area contributed by atoms with Crippen LogP contribution in [0.3, 0.4) is 0 Å². The van der Waals surface area contributed by atoms with Gasteiger partial charge in [-0.2, -0.15) is 0 Å². The number of aromatic nitrogens is 1. The molecular formula is C10H8ClNO3. The van der Waals surface area contributed by atoms with E-state index in [1.54, 1.807) is 25.1 Å². The zero-order chi connectivity index (χ0) is 11.0. The average molecular weight is 226 g/mol. The van der Waals surface area contributed by atoms with Crippen molar-refractivity contribution in [2.24, 2.45) is 0 Å². The van der Waals surface area contributed by atoms with Gasteiger partial charge in [0.2, 0.25) is 0 Å². The van der Waals surface area contributed by atoms with Gasteiger partial charge in [-0.3, -0.25) is 4.79 Å². The van der Waals surface area contributed by atoms with Gasteiger partial charge in [0, 0.05) is 5.56 Å². The lowest BCUT2D eigenvalue weighted by atomic mass is 10.00. The first-order valence-corrected chi connectivity index (χ1v) is 4.75. The third kappa shape index (κ3) is 1.57. The van der Waals surface area contributed by atoms with Crippen LogP contribution in [0.15, 0.2) is 22.7 Å². The first kappa shape index (κ1) is 9.98. The molecule has 1 heterocycles. The normalized spacial score (nSPS) is 12.9. The molecule has 0 aliphatic carbocycles. The van der Waals surface area contributed by atoms with Gasteiger partial charge < -0.3 is 9.63 Å². The number of hydrogen-bond acceptors (Lipinski definition) is 3. The van der Waals surface area contributed by atoms with Gasteiger partial charge in [0.25, 0.3) is 0 Å². The van der Waals surface area contributed by atoms with Crippen LogP contribution in [0.4, 0.5) is 0 Å². The summed E-state index contributed by atoms with van der Waals surface area (Å²) in [5, 5.41) is 13.4. The number of rotatable bonds is 2. The van der Waals surface area contributed by atoms with Gasteiger partial charge in [-0.15, -0.1) is 0 Å². The summed E-state index contributed by atoms with van der Waals surface area (Å²) in [6, 6.07) is 5.18. The van der Waals surface area contributed by atoms with Gasteiger partial charge in [0.1, 0.15) is 0 Å². The molecule has 0 saturated carbocycles. The first-order valence-electron chi connectivity index (χ1n) is 4.38. The van der Waals surface area contributed by atoms with Gasteiger partial charge in [-0.25, -0.2) is 0 Å². The molecule has 2 rings (SSSR count). The molecule has 0 aliphatic rings. The van der Waals surface area contributed by atoms with Crippen molar-refractivity contribution in [3.63, 3.8) is 0 Å². The summed E-state index contributed by atoms with van der Waals surface area (Å²) in [6.45, 7) is 1.59. The maximum atomic E-state index is 10.9. The number of carboxylic acid groups (broad SMARTS) is 1. The number of halogens is 1. The Morgan fingerprint density at radius 3 is 3.00 bits per heavy atom. The fourth-order valence-electron chi connectivity index (χ4n) is 1.43. The van der Waals surface area contributed by atoms with Gasteiger partial charge >= 0.3 is 5.97 Å². The van der Waals surface area contributed by atoms with Crippen LogP contribution in [-0.2, 0) is 4.79 Å². The molecule has 1 unspecified atom stereocenters. The summed E-state index contributed by atoms with van der Waals surface area (Å²) in [4.78, 5) is 10.9. The maximum Gasteiger partial charge on any atom is 0.310 e. The molecule has 1 aromatic heterocycles. The number of carboxylic acids is 1. The molecular weight excluding hydrogens is 218 g/mol. The van der Waals surface area contributed by atoms with E-state index in [4.69, 9.17) is 21.2 Å². The summed E-state index contributed by atoms with van der Waals surface area (Å²) in [5.41, 5.74) is 1.02. The highest BCUT2D eigenvalue weighted by atomic mass is 35.5. The lowest BCUT2D eigenvalue weighted by Crippen LogP contribution is -2.07. The van der Waals surface area contributed by atoms with Crippen molar-refractivity contribution in [3.05, 3.63) is 28.9 Å². The molecule has 15 heavy (non-hydrogen) atoms. The number of fused-ring (bicyclic) bond motifs is 1. The monoisotopic (exact) mass is 225 g/mol. The van der Waals surface area contributed by atoms with Crippen LogP contribution in [-0.4, -0.2) is 16.2 Å². The van der Waals surface area contributed by atoms with Gasteiger partial charge in [0.05, 0.1) is 11.3 Å².